The van der Waals surface area contributed by atoms with Crippen LogP contribution in [-0.2, 0) is 11.8 Å². The molecule has 2 aliphatic heterocycles. The molecule has 0 N–H and O–H groups in total. The fraction of sp³-hybridized carbons (Fsp3) is 0.706. The summed E-state index contributed by atoms with van der Waals surface area (Å²) in [6.07, 6.45) is 10.1. The molecule has 0 unspecified atom stereocenters. The van der Waals surface area contributed by atoms with Crippen molar-refractivity contribution in [1.82, 2.24) is 19.7 Å². The molecule has 0 radical (unpaired) electrons. The summed E-state index contributed by atoms with van der Waals surface area (Å²) in [7, 11) is 1.94. The summed E-state index contributed by atoms with van der Waals surface area (Å²) in [5.74, 6) is 1.82. The van der Waals surface area contributed by atoms with E-state index in [1.165, 1.54) is 32.1 Å². The SMILES string of the molecule is Cn1ncc2c(N3CC4(CCC4)[C@@H]3C3CCOCC3)ncnc21. The van der Waals surface area contributed by atoms with Crippen molar-refractivity contribution in [2.45, 2.75) is 38.1 Å². The average molecular weight is 313 g/mol. The van der Waals surface area contributed by atoms with Gasteiger partial charge >= 0.3 is 0 Å². The van der Waals surface area contributed by atoms with Crippen LogP contribution in [0.5, 0.6) is 0 Å². The van der Waals surface area contributed by atoms with Crippen molar-refractivity contribution in [3.63, 3.8) is 0 Å². The second kappa shape index (κ2) is 4.90. The predicted molar refractivity (Wildman–Crippen MR) is 87.3 cm³/mol. The third kappa shape index (κ3) is 1.87. The summed E-state index contributed by atoms with van der Waals surface area (Å²) in [4.78, 5) is 11.6. The van der Waals surface area contributed by atoms with Gasteiger partial charge in [-0.15, -0.1) is 0 Å². The first kappa shape index (κ1) is 13.7. The summed E-state index contributed by atoms with van der Waals surface area (Å²) in [6, 6.07) is 0.624. The fourth-order valence-electron chi connectivity index (χ4n) is 5.01. The maximum Gasteiger partial charge on any atom is 0.163 e. The highest BCUT2D eigenvalue weighted by atomic mass is 16.5. The Kier molecular flexibility index (Phi) is 2.92. The molecule has 2 aromatic heterocycles. The van der Waals surface area contributed by atoms with Gasteiger partial charge in [0.1, 0.15) is 12.1 Å². The van der Waals surface area contributed by atoms with Crippen molar-refractivity contribution in [1.29, 1.82) is 0 Å². The van der Waals surface area contributed by atoms with E-state index in [4.69, 9.17) is 4.74 Å². The van der Waals surface area contributed by atoms with Crippen molar-refractivity contribution in [3.05, 3.63) is 12.5 Å². The molecule has 1 atom stereocenters. The maximum absolute atomic E-state index is 5.60. The molecule has 3 aliphatic rings. The van der Waals surface area contributed by atoms with E-state index < -0.39 is 0 Å². The minimum Gasteiger partial charge on any atom is -0.381 e. The second-order valence-corrected chi connectivity index (χ2v) is 7.44. The average Bonchev–Trinajstić information content (AvgIpc) is 2.89. The number of rotatable bonds is 2. The van der Waals surface area contributed by atoms with Gasteiger partial charge in [0.15, 0.2) is 5.65 Å². The third-order valence-corrected chi connectivity index (χ3v) is 6.29. The zero-order valence-electron chi connectivity index (χ0n) is 13.6. The Morgan fingerprint density at radius 1 is 1.22 bits per heavy atom. The Balaban J connectivity index is 1.53. The zero-order valence-corrected chi connectivity index (χ0v) is 13.6. The lowest BCUT2D eigenvalue weighted by atomic mass is 9.54. The molecule has 2 saturated heterocycles. The smallest absolute Gasteiger partial charge is 0.163 e. The number of anilines is 1. The quantitative estimate of drug-likeness (QED) is 0.850. The Morgan fingerprint density at radius 2 is 2.04 bits per heavy atom. The summed E-state index contributed by atoms with van der Waals surface area (Å²) in [6.45, 7) is 2.98. The molecule has 0 aromatic carbocycles. The van der Waals surface area contributed by atoms with Gasteiger partial charge in [0.25, 0.3) is 0 Å². The molecule has 2 aromatic rings. The first-order valence-electron chi connectivity index (χ1n) is 8.76. The van der Waals surface area contributed by atoms with E-state index in [1.807, 2.05) is 17.9 Å². The highest BCUT2D eigenvalue weighted by Gasteiger charge is 2.58. The number of aryl methyl sites for hydroxylation is 1. The lowest BCUT2D eigenvalue weighted by molar-refractivity contribution is -0.0367. The number of nitrogens with zero attached hydrogens (tertiary/aromatic N) is 5. The molecule has 3 fully saturated rings. The molecular formula is C17H23N5O. The van der Waals surface area contributed by atoms with Crippen LogP contribution >= 0.6 is 0 Å². The van der Waals surface area contributed by atoms with Gasteiger partial charge in [-0.1, -0.05) is 6.42 Å². The first-order valence-corrected chi connectivity index (χ1v) is 8.76. The molecule has 1 saturated carbocycles. The largest absolute Gasteiger partial charge is 0.381 e. The molecule has 0 bridgehead atoms. The van der Waals surface area contributed by atoms with E-state index in [9.17, 15) is 0 Å². The molecule has 1 spiro atoms. The highest BCUT2D eigenvalue weighted by Crippen LogP contribution is 2.57. The van der Waals surface area contributed by atoms with Crippen molar-refractivity contribution < 1.29 is 4.74 Å². The van der Waals surface area contributed by atoms with Crippen LogP contribution < -0.4 is 4.90 Å². The minimum absolute atomic E-state index is 0.543. The van der Waals surface area contributed by atoms with E-state index in [1.54, 1.807) is 6.33 Å². The fourth-order valence-corrected chi connectivity index (χ4v) is 5.01. The molecule has 6 heteroatoms. The van der Waals surface area contributed by atoms with Gasteiger partial charge in [-0.25, -0.2) is 9.97 Å². The van der Waals surface area contributed by atoms with E-state index >= 15 is 0 Å². The minimum atomic E-state index is 0.543. The topological polar surface area (TPSA) is 56.1 Å². The lowest BCUT2D eigenvalue weighted by Crippen LogP contribution is -2.70. The first-order chi connectivity index (χ1) is 11.3. The zero-order chi connectivity index (χ0) is 15.4. The molecule has 23 heavy (non-hydrogen) atoms. The van der Waals surface area contributed by atoms with Crippen molar-refractivity contribution in [3.8, 4) is 0 Å². The van der Waals surface area contributed by atoms with Gasteiger partial charge < -0.3 is 9.64 Å². The number of hydrogen-bond acceptors (Lipinski definition) is 5. The van der Waals surface area contributed by atoms with Gasteiger partial charge in [0, 0.05) is 38.3 Å². The molecular weight excluding hydrogens is 290 g/mol. The Hall–Kier alpha value is -1.69. The van der Waals surface area contributed by atoms with Crippen LogP contribution in [0, 0.1) is 11.3 Å². The van der Waals surface area contributed by atoms with E-state index in [-0.39, 0.29) is 0 Å². The van der Waals surface area contributed by atoms with Crippen molar-refractivity contribution >= 4 is 16.9 Å². The third-order valence-electron chi connectivity index (χ3n) is 6.29. The van der Waals surface area contributed by atoms with Gasteiger partial charge in [-0.3, -0.25) is 4.68 Å². The van der Waals surface area contributed by atoms with Crippen molar-refractivity contribution in [2.75, 3.05) is 24.7 Å². The van der Waals surface area contributed by atoms with Crippen LogP contribution in [0.4, 0.5) is 5.82 Å². The lowest BCUT2D eigenvalue weighted by Gasteiger charge is -2.65. The van der Waals surface area contributed by atoms with Crippen molar-refractivity contribution in [2.24, 2.45) is 18.4 Å². The van der Waals surface area contributed by atoms with Crippen LogP contribution in [-0.4, -0.2) is 45.5 Å². The summed E-state index contributed by atoms with van der Waals surface area (Å²) >= 11 is 0. The Morgan fingerprint density at radius 3 is 2.78 bits per heavy atom. The summed E-state index contributed by atoms with van der Waals surface area (Å²) in [5, 5.41) is 5.46. The summed E-state index contributed by atoms with van der Waals surface area (Å²) in [5.41, 5.74) is 1.47. The monoisotopic (exact) mass is 313 g/mol. The van der Waals surface area contributed by atoms with E-state index in [0.29, 0.717) is 11.5 Å². The number of hydrogen-bond donors (Lipinski definition) is 0. The number of aromatic nitrogens is 4. The maximum atomic E-state index is 5.60. The van der Waals surface area contributed by atoms with Crippen LogP contribution in [0.25, 0.3) is 11.0 Å². The number of ether oxygens (including phenoxy) is 1. The molecule has 1 aliphatic carbocycles. The molecule has 5 rings (SSSR count). The van der Waals surface area contributed by atoms with Crippen LogP contribution in [0.2, 0.25) is 0 Å². The van der Waals surface area contributed by atoms with Gasteiger partial charge in [0.2, 0.25) is 0 Å². The molecule has 122 valence electrons. The van der Waals surface area contributed by atoms with Gasteiger partial charge in [-0.05, 0) is 31.6 Å². The molecule has 0 amide bonds. The summed E-state index contributed by atoms with van der Waals surface area (Å²) < 4.78 is 7.43. The Labute approximate surface area is 135 Å². The van der Waals surface area contributed by atoms with Crippen LogP contribution in [0.3, 0.4) is 0 Å². The predicted octanol–water partition coefficient (Wildman–Crippen LogP) is 2.15. The van der Waals surface area contributed by atoms with Crippen LogP contribution in [0.15, 0.2) is 12.5 Å². The molecule has 4 heterocycles. The normalized spacial score (nSPS) is 27.2. The number of fused-ring (bicyclic) bond motifs is 1. The van der Waals surface area contributed by atoms with Gasteiger partial charge in [0.05, 0.1) is 11.6 Å². The highest BCUT2D eigenvalue weighted by molar-refractivity contribution is 5.87. The van der Waals surface area contributed by atoms with Gasteiger partial charge in [-0.2, -0.15) is 5.10 Å². The molecule has 6 nitrogen and oxygen atoms in total. The second-order valence-electron chi connectivity index (χ2n) is 7.44. The van der Waals surface area contributed by atoms with Crippen LogP contribution in [0.1, 0.15) is 32.1 Å². The van der Waals surface area contributed by atoms with E-state index in [0.717, 1.165) is 42.5 Å². The Bertz CT molecular complexity index is 732. The van der Waals surface area contributed by atoms with E-state index in [2.05, 4.69) is 20.0 Å². The standard InChI is InChI=1S/C17H23N5O/c1-21-15-13(9-20-21)16(19-11-18-15)22-10-17(5-2-6-17)14(22)12-3-7-23-8-4-12/h9,11-12,14H,2-8,10H2,1H3/t14-/m0/s1.